The van der Waals surface area contributed by atoms with E-state index in [9.17, 15) is 14.0 Å². The number of aromatic nitrogens is 1. The SMILES string of the molecule is COc1cc2nccc(Oc3ccc(NC(=O)/C(=C/NCCCO)C(=O)Nc4ccc(F)cc4)cc3F)c2cc1OC. The number of halogens is 2. The number of hydrogen-bond donors (Lipinski definition) is 4. The Morgan fingerprint density at radius 2 is 1.52 bits per heavy atom. The number of aliphatic hydroxyl groups is 1. The number of carbonyl (C=O) groups excluding carboxylic acids is 2. The molecule has 2 amide bonds. The Labute approximate surface area is 239 Å². The quantitative estimate of drug-likeness (QED) is 0.0820. The molecule has 0 bridgehead atoms. The minimum atomic E-state index is -0.833. The van der Waals surface area contributed by atoms with Crippen LogP contribution in [0.3, 0.4) is 0 Å². The summed E-state index contributed by atoms with van der Waals surface area (Å²) in [6.45, 7) is 0.203. The van der Waals surface area contributed by atoms with E-state index in [1.54, 1.807) is 18.2 Å². The van der Waals surface area contributed by atoms with Crippen LogP contribution in [0.4, 0.5) is 20.2 Å². The minimum absolute atomic E-state index is 0.0617. The van der Waals surface area contributed by atoms with E-state index in [1.165, 1.54) is 50.9 Å². The van der Waals surface area contributed by atoms with E-state index in [-0.39, 0.29) is 29.3 Å². The molecule has 0 atom stereocenters. The summed E-state index contributed by atoms with van der Waals surface area (Å²) < 4.78 is 44.8. The van der Waals surface area contributed by atoms with Crippen molar-refractivity contribution in [1.29, 1.82) is 0 Å². The van der Waals surface area contributed by atoms with Gasteiger partial charge in [0.25, 0.3) is 11.8 Å². The first-order valence-electron chi connectivity index (χ1n) is 12.7. The highest BCUT2D eigenvalue weighted by molar-refractivity contribution is 6.26. The number of hydrogen-bond acceptors (Lipinski definition) is 8. The van der Waals surface area contributed by atoms with Crippen LogP contribution in [-0.2, 0) is 9.59 Å². The summed E-state index contributed by atoms with van der Waals surface area (Å²) in [7, 11) is 3.00. The van der Waals surface area contributed by atoms with Crippen LogP contribution >= 0.6 is 0 Å². The predicted molar refractivity (Wildman–Crippen MR) is 153 cm³/mol. The summed E-state index contributed by atoms with van der Waals surface area (Å²) in [4.78, 5) is 30.2. The number of methoxy groups -OCH3 is 2. The number of pyridine rings is 1. The molecule has 0 aliphatic rings. The van der Waals surface area contributed by atoms with Gasteiger partial charge in [0.2, 0.25) is 0 Å². The van der Waals surface area contributed by atoms with Crippen molar-refractivity contribution < 1.29 is 37.7 Å². The topological polar surface area (TPSA) is 131 Å². The van der Waals surface area contributed by atoms with Gasteiger partial charge in [-0.2, -0.15) is 0 Å². The van der Waals surface area contributed by atoms with Gasteiger partial charge in [-0.25, -0.2) is 8.78 Å². The first kappa shape index (κ1) is 29.7. The van der Waals surface area contributed by atoms with Gasteiger partial charge in [-0.3, -0.25) is 14.6 Å². The molecule has 1 heterocycles. The molecule has 0 fully saturated rings. The van der Waals surface area contributed by atoms with Gasteiger partial charge in [0.05, 0.1) is 19.7 Å². The number of rotatable bonds is 12. The second-order valence-corrected chi connectivity index (χ2v) is 8.79. The van der Waals surface area contributed by atoms with Crippen LogP contribution in [-0.4, -0.2) is 49.3 Å². The van der Waals surface area contributed by atoms with Crippen molar-refractivity contribution in [2.24, 2.45) is 0 Å². The monoisotopic (exact) mass is 578 g/mol. The second kappa shape index (κ2) is 13.9. The standard InChI is InChI=1S/C30H28F2N4O6/c1-40-27-15-21-24(16-28(27)41-2)34-12-10-25(21)42-26-9-8-20(14-23(26)32)36-30(39)22(17-33-11-3-13-37)29(38)35-19-6-4-18(31)5-7-19/h4-10,12,14-17,33,37H,3,11,13H2,1-2H3,(H,35,38)(H,36,39)/b22-17+. The fraction of sp³-hybridized carbons (Fsp3) is 0.167. The van der Waals surface area contributed by atoms with E-state index in [0.717, 1.165) is 18.2 Å². The normalized spacial score (nSPS) is 11.1. The smallest absolute Gasteiger partial charge is 0.262 e. The lowest BCUT2D eigenvalue weighted by Gasteiger charge is -2.14. The summed E-state index contributed by atoms with van der Waals surface area (Å²) >= 11 is 0. The lowest BCUT2D eigenvalue weighted by Crippen LogP contribution is -2.27. The molecule has 4 aromatic rings. The van der Waals surface area contributed by atoms with Crippen molar-refractivity contribution in [1.82, 2.24) is 10.3 Å². The van der Waals surface area contributed by atoms with Crippen LogP contribution in [0, 0.1) is 11.6 Å². The van der Waals surface area contributed by atoms with Crippen molar-refractivity contribution in [3.63, 3.8) is 0 Å². The molecule has 0 unspecified atom stereocenters. The second-order valence-electron chi connectivity index (χ2n) is 8.79. The number of benzene rings is 3. The molecule has 0 saturated carbocycles. The van der Waals surface area contributed by atoms with Crippen molar-refractivity contribution in [2.45, 2.75) is 6.42 Å². The molecule has 0 aliphatic carbocycles. The van der Waals surface area contributed by atoms with Crippen LogP contribution in [0.5, 0.6) is 23.0 Å². The van der Waals surface area contributed by atoms with E-state index in [1.807, 2.05) is 0 Å². The highest BCUT2D eigenvalue weighted by Gasteiger charge is 2.20. The fourth-order valence-electron chi connectivity index (χ4n) is 3.84. The molecule has 0 radical (unpaired) electrons. The third-order valence-corrected chi connectivity index (χ3v) is 5.93. The van der Waals surface area contributed by atoms with Gasteiger partial charge in [-0.1, -0.05) is 0 Å². The number of amides is 2. The Kier molecular flexibility index (Phi) is 9.85. The number of ether oxygens (including phenoxy) is 3. The molecule has 42 heavy (non-hydrogen) atoms. The average molecular weight is 579 g/mol. The Morgan fingerprint density at radius 1 is 0.857 bits per heavy atom. The highest BCUT2D eigenvalue weighted by Crippen LogP contribution is 2.37. The Bertz CT molecular complexity index is 1610. The third-order valence-electron chi connectivity index (χ3n) is 5.93. The van der Waals surface area contributed by atoms with Crippen LogP contribution in [0.15, 0.2) is 78.6 Å². The Hall–Kier alpha value is -5.23. The van der Waals surface area contributed by atoms with Gasteiger partial charge in [0.15, 0.2) is 23.1 Å². The summed E-state index contributed by atoms with van der Waals surface area (Å²) in [6, 6.07) is 13.7. The van der Waals surface area contributed by atoms with Crippen molar-refractivity contribution in [3.8, 4) is 23.0 Å². The first-order valence-corrected chi connectivity index (χ1v) is 12.7. The molecular weight excluding hydrogens is 550 g/mol. The first-order chi connectivity index (χ1) is 20.3. The molecular formula is C30H28F2N4O6. The number of fused-ring (bicyclic) bond motifs is 1. The average Bonchev–Trinajstić information content (AvgIpc) is 2.99. The summed E-state index contributed by atoms with van der Waals surface area (Å²) in [6.07, 6.45) is 3.08. The van der Waals surface area contributed by atoms with Crippen molar-refractivity contribution in [3.05, 3.63) is 90.3 Å². The van der Waals surface area contributed by atoms with Gasteiger partial charge >= 0.3 is 0 Å². The molecule has 4 N–H and O–H groups in total. The number of anilines is 2. The fourth-order valence-corrected chi connectivity index (χ4v) is 3.84. The molecule has 1 aromatic heterocycles. The number of aliphatic hydroxyl groups excluding tert-OH is 1. The number of nitrogens with one attached hydrogen (secondary N) is 3. The Morgan fingerprint density at radius 3 is 2.19 bits per heavy atom. The zero-order valence-electron chi connectivity index (χ0n) is 22.7. The Balaban J connectivity index is 1.52. The van der Waals surface area contributed by atoms with E-state index < -0.39 is 23.4 Å². The number of carbonyl (C=O) groups is 2. The van der Waals surface area contributed by atoms with Gasteiger partial charge < -0.3 is 35.3 Å². The van der Waals surface area contributed by atoms with Gasteiger partial charge in [-0.05, 0) is 55.0 Å². The molecule has 0 aliphatic heterocycles. The maximum atomic E-state index is 15.1. The molecule has 0 spiro atoms. The van der Waals surface area contributed by atoms with Crippen molar-refractivity contribution >= 4 is 34.1 Å². The molecule has 4 rings (SSSR count). The van der Waals surface area contributed by atoms with Crippen LogP contribution < -0.4 is 30.2 Å². The van der Waals surface area contributed by atoms with Gasteiger partial charge in [0.1, 0.15) is 17.1 Å². The lowest BCUT2D eigenvalue weighted by atomic mass is 10.1. The van der Waals surface area contributed by atoms with Gasteiger partial charge in [0, 0.05) is 54.4 Å². The van der Waals surface area contributed by atoms with Gasteiger partial charge in [-0.15, -0.1) is 0 Å². The summed E-state index contributed by atoms with van der Waals surface area (Å²) in [5, 5.41) is 17.3. The molecule has 0 saturated heterocycles. The van der Waals surface area contributed by atoms with Crippen LogP contribution in [0.2, 0.25) is 0 Å². The zero-order chi connectivity index (χ0) is 30.1. The maximum Gasteiger partial charge on any atom is 0.262 e. The van der Waals surface area contributed by atoms with Crippen LogP contribution in [0.1, 0.15) is 6.42 Å². The number of nitrogens with zero attached hydrogens (tertiary/aromatic N) is 1. The predicted octanol–water partition coefficient (Wildman–Crippen LogP) is 4.76. The summed E-state index contributed by atoms with van der Waals surface area (Å²) in [5.74, 6) is -1.77. The van der Waals surface area contributed by atoms with E-state index in [4.69, 9.17) is 19.3 Å². The molecule has 12 heteroatoms. The minimum Gasteiger partial charge on any atom is -0.493 e. The molecule has 10 nitrogen and oxygen atoms in total. The maximum absolute atomic E-state index is 15.1. The van der Waals surface area contributed by atoms with E-state index in [0.29, 0.717) is 41.1 Å². The van der Waals surface area contributed by atoms with E-state index >= 15 is 4.39 Å². The molecule has 218 valence electrons. The zero-order valence-corrected chi connectivity index (χ0v) is 22.7. The van der Waals surface area contributed by atoms with Crippen LogP contribution in [0.25, 0.3) is 10.9 Å². The third kappa shape index (κ3) is 7.29. The van der Waals surface area contributed by atoms with E-state index in [2.05, 4.69) is 20.9 Å². The highest BCUT2D eigenvalue weighted by atomic mass is 19.1. The van der Waals surface area contributed by atoms with Crippen molar-refractivity contribution in [2.75, 3.05) is 38.0 Å². The molecule has 3 aromatic carbocycles. The lowest BCUT2D eigenvalue weighted by molar-refractivity contribution is -0.118. The summed E-state index contributed by atoms with van der Waals surface area (Å²) in [5.41, 5.74) is 0.542. The largest absolute Gasteiger partial charge is 0.493 e.